The van der Waals surface area contributed by atoms with E-state index in [4.69, 9.17) is 19.4 Å². The second kappa shape index (κ2) is 21.4. The van der Waals surface area contributed by atoms with Crippen LogP contribution in [0.15, 0.2) is 39.7 Å². The number of aromatic nitrogens is 3. The summed E-state index contributed by atoms with van der Waals surface area (Å²) in [6, 6.07) is 0.280. The average Bonchev–Trinajstić information content (AvgIpc) is 3.64. The van der Waals surface area contributed by atoms with E-state index >= 15 is 0 Å². The number of hydrogen-bond acceptors (Lipinski definition) is 13. The number of carbonyl (C=O) groups excluding carboxylic acids is 1. The third kappa shape index (κ3) is 14.2. The number of ether oxygens (including phenoxy) is 1. The standard InChI is InChI=1S/C27H40N8O3S.2Na.H3O3P.H2/c1-6-38-23-9-7-22(8-10-23)35(33(5)16-25-28-11-18(2)12-29-25)14-19(3)31-26(37)24-17-39-27(32-24)21-13-30-34(15-21)20(4)36;;;1-4(2)3;/h11,13-15,17-18,20,22-23,36H,6-10,12,16H2,1-5H3,(H,31,37);;;1-3H;1H/b19-14+;;;;. The van der Waals surface area contributed by atoms with Crippen molar-refractivity contribution >= 4 is 97.0 Å². The van der Waals surface area contributed by atoms with Crippen molar-refractivity contribution in [1.82, 2.24) is 30.1 Å². The molecule has 3 heterocycles. The van der Waals surface area contributed by atoms with Crippen LogP contribution in [0.2, 0.25) is 0 Å². The third-order valence-corrected chi connectivity index (χ3v) is 7.72. The second-order valence-corrected chi connectivity index (χ2v) is 11.9. The smallest absolute Gasteiger partial charge is 0.324 e. The molecule has 242 valence electrons. The van der Waals surface area contributed by atoms with Crippen LogP contribution in [0, 0.1) is 5.92 Å². The van der Waals surface area contributed by atoms with Gasteiger partial charge in [0, 0.05) is 128 Å². The second-order valence-electron chi connectivity index (χ2n) is 10.5. The minimum Gasteiger partial charge on any atom is -0.379 e. The van der Waals surface area contributed by atoms with Gasteiger partial charge < -0.3 is 34.8 Å². The molecule has 4 rings (SSSR count). The predicted octanol–water partition coefficient (Wildman–Crippen LogP) is 2.40. The Morgan fingerprint density at radius 2 is 1.96 bits per heavy atom. The number of aliphatic hydroxyl groups excluding tert-OH is 1. The van der Waals surface area contributed by atoms with Crippen LogP contribution in [-0.4, -0.2) is 161 Å². The largest absolute Gasteiger partial charge is 0.379 e. The number of amides is 1. The molecular formula is C27H45N8Na2O6PS. The molecular weight excluding hydrogens is 641 g/mol. The molecule has 2 atom stereocenters. The van der Waals surface area contributed by atoms with Crippen molar-refractivity contribution in [3.8, 4) is 10.6 Å². The SMILES string of the molecule is CCOC1CCC(N(/C=C(\C)NC(=O)c2csc(-c3cnn(C(C)O)c3)n2)N(C)CC2=NCC(C)C=N2)CC1.OP(O)O.[HH].[Na].[Na]. The van der Waals surface area contributed by atoms with Gasteiger partial charge in [-0.05, 0) is 46.5 Å². The number of aliphatic imine (C=N–C) groups is 2. The number of likely N-dealkylation sites (N-methyl/N-ethyl adjacent to an activating group) is 1. The fraction of sp³-hybridized carbons (Fsp3) is 0.593. The van der Waals surface area contributed by atoms with Gasteiger partial charge in [0.15, 0.2) is 0 Å². The number of aliphatic hydroxyl groups is 1. The molecule has 0 bridgehead atoms. The Morgan fingerprint density at radius 3 is 2.51 bits per heavy atom. The molecule has 0 aromatic carbocycles. The molecule has 0 saturated heterocycles. The van der Waals surface area contributed by atoms with E-state index in [9.17, 15) is 9.90 Å². The first kappa shape index (κ1) is 42.4. The van der Waals surface area contributed by atoms with E-state index in [1.165, 1.54) is 16.0 Å². The van der Waals surface area contributed by atoms with Gasteiger partial charge in [-0.15, -0.1) is 11.3 Å². The molecule has 2 unspecified atom stereocenters. The molecule has 2 radical (unpaired) electrons. The van der Waals surface area contributed by atoms with Crippen molar-refractivity contribution in [2.24, 2.45) is 15.9 Å². The molecule has 18 heteroatoms. The van der Waals surface area contributed by atoms with E-state index in [2.05, 4.69) is 42.3 Å². The number of carbonyl (C=O) groups is 1. The fourth-order valence-corrected chi connectivity index (χ4v) is 5.54. The van der Waals surface area contributed by atoms with E-state index in [0.717, 1.165) is 55.9 Å². The van der Waals surface area contributed by atoms with Gasteiger partial charge in [0.05, 0.1) is 18.8 Å². The Labute approximate surface area is 315 Å². The fourth-order valence-electron chi connectivity index (χ4n) is 4.76. The van der Waals surface area contributed by atoms with Crippen molar-refractivity contribution < 1.29 is 30.7 Å². The third-order valence-electron chi connectivity index (χ3n) is 6.83. The summed E-state index contributed by atoms with van der Waals surface area (Å²) in [5.41, 5.74) is 1.81. The van der Waals surface area contributed by atoms with E-state index in [0.29, 0.717) is 29.3 Å². The minimum absolute atomic E-state index is 0. The van der Waals surface area contributed by atoms with Crippen molar-refractivity contribution in [2.75, 3.05) is 26.7 Å². The van der Waals surface area contributed by atoms with Gasteiger partial charge in [-0.3, -0.25) is 9.79 Å². The van der Waals surface area contributed by atoms with Crippen LogP contribution < -0.4 is 5.32 Å². The average molecular weight is 687 g/mol. The number of hydrazine groups is 1. The first-order valence-corrected chi connectivity index (χ1v) is 16.3. The van der Waals surface area contributed by atoms with Crippen LogP contribution in [0.1, 0.15) is 71.5 Å². The summed E-state index contributed by atoms with van der Waals surface area (Å²) in [4.78, 5) is 48.4. The van der Waals surface area contributed by atoms with Crippen molar-refractivity contribution in [3.05, 3.63) is 35.4 Å². The maximum absolute atomic E-state index is 13.0. The van der Waals surface area contributed by atoms with Crippen LogP contribution in [0.4, 0.5) is 0 Å². The molecule has 1 aliphatic heterocycles. The Balaban J connectivity index is 0.00000273. The molecule has 2 aromatic rings. The molecule has 1 amide bonds. The zero-order chi connectivity index (χ0) is 31.5. The van der Waals surface area contributed by atoms with Gasteiger partial charge in [0.2, 0.25) is 0 Å². The first-order valence-electron chi connectivity index (χ1n) is 14.2. The molecule has 1 saturated carbocycles. The van der Waals surface area contributed by atoms with Gasteiger partial charge in [-0.1, -0.05) is 6.92 Å². The zero-order valence-electron chi connectivity index (χ0n) is 27.2. The number of thiazole rings is 1. The maximum atomic E-state index is 13.0. The molecule has 5 N–H and O–H groups in total. The normalized spacial score (nSPS) is 20.4. The number of allylic oxidation sites excluding steroid dienone is 1. The van der Waals surface area contributed by atoms with E-state index in [1.807, 2.05) is 33.3 Å². The quantitative estimate of drug-likeness (QED) is 0.134. The van der Waals surface area contributed by atoms with Gasteiger partial charge in [-0.2, -0.15) is 5.10 Å². The van der Waals surface area contributed by atoms with Gasteiger partial charge in [0.1, 0.15) is 22.8 Å². The number of rotatable bonds is 11. The summed E-state index contributed by atoms with van der Waals surface area (Å²) in [6.07, 6.45) is 10.9. The Kier molecular flexibility index (Phi) is 20.1. The number of nitrogens with zero attached hydrogens (tertiary/aromatic N) is 7. The monoisotopic (exact) mass is 686 g/mol. The number of hydrogen-bond donors (Lipinski definition) is 5. The summed E-state index contributed by atoms with van der Waals surface area (Å²) in [5, 5.41) is 23.6. The van der Waals surface area contributed by atoms with Gasteiger partial charge >= 0.3 is 8.60 Å². The summed E-state index contributed by atoms with van der Waals surface area (Å²) in [7, 11) is -0.582. The Morgan fingerprint density at radius 1 is 1.29 bits per heavy atom. The van der Waals surface area contributed by atoms with Crippen LogP contribution in [-0.2, 0) is 4.74 Å². The van der Waals surface area contributed by atoms with E-state index in [-0.39, 0.29) is 72.5 Å². The number of nitrogens with one attached hydrogen (secondary N) is 1. The minimum atomic E-state index is -2.62. The van der Waals surface area contributed by atoms with Crippen LogP contribution in [0.3, 0.4) is 0 Å². The van der Waals surface area contributed by atoms with Gasteiger partial charge in [0.25, 0.3) is 5.91 Å². The van der Waals surface area contributed by atoms with Crippen molar-refractivity contribution in [2.45, 2.75) is 71.8 Å². The van der Waals surface area contributed by atoms with Crippen molar-refractivity contribution in [3.63, 3.8) is 0 Å². The first-order chi connectivity index (χ1) is 20.5. The summed E-state index contributed by atoms with van der Waals surface area (Å²) >= 11 is 1.36. The molecule has 14 nitrogen and oxygen atoms in total. The summed E-state index contributed by atoms with van der Waals surface area (Å²) in [6.45, 7) is 9.76. The van der Waals surface area contributed by atoms with Crippen LogP contribution in [0.5, 0.6) is 0 Å². The van der Waals surface area contributed by atoms with Crippen molar-refractivity contribution in [1.29, 1.82) is 0 Å². The number of amidine groups is 1. The molecule has 0 spiro atoms. The zero-order valence-corrected chi connectivity index (χ0v) is 32.9. The molecule has 2 aliphatic rings. The molecule has 1 aliphatic carbocycles. The molecule has 1 fully saturated rings. The maximum Gasteiger partial charge on any atom is 0.324 e. The van der Waals surface area contributed by atoms with E-state index in [1.54, 1.807) is 24.7 Å². The Hall–Kier alpha value is -0.620. The topological polar surface area (TPSA) is 181 Å². The molecule has 45 heavy (non-hydrogen) atoms. The summed E-state index contributed by atoms with van der Waals surface area (Å²) < 4.78 is 7.31. The van der Waals surface area contributed by atoms with E-state index < -0.39 is 14.8 Å². The van der Waals surface area contributed by atoms with Crippen LogP contribution >= 0.6 is 19.9 Å². The molecule has 2 aromatic heterocycles. The Bertz CT molecular complexity index is 1270. The summed E-state index contributed by atoms with van der Waals surface area (Å²) in [5.74, 6) is 0.904. The van der Waals surface area contributed by atoms with Crippen LogP contribution in [0.25, 0.3) is 10.6 Å². The van der Waals surface area contributed by atoms with Gasteiger partial charge in [-0.25, -0.2) is 19.7 Å². The predicted molar refractivity (Wildman–Crippen MR) is 181 cm³/mol.